The maximum absolute atomic E-state index is 10.4. The summed E-state index contributed by atoms with van der Waals surface area (Å²) in [6.45, 7) is 0.766. The van der Waals surface area contributed by atoms with Crippen LogP contribution in [0.4, 0.5) is 0 Å². The van der Waals surface area contributed by atoms with Crippen molar-refractivity contribution in [3.63, 3.8) is 0 Å². The van der Waals surface area contributed by atoms with Crippen LogP contribution in [-0.4, -0.2) is 18.2 Å². The molecule has 4 nitrogen and oxygen atoms in total. The molecule has 0 spiro atoms. The van der Waals surface area contributed by atoms with Crippen LogP contribution in [0.2, 0.25) is 0 Å². The number of carbonyl (C=O) groups is 1. The number of aromatic carboxylic acids is 1. The minimum atomic E-state index is -0.923. The SMILES string of the molecule is COc1ccc(C(=O)O)cc1.Cl.c1cc2cc(c1)OC2. The minimum Gasteiger partial charge on any atom is -0.497 e. The topological polar surface area (TPSA) is 55.8 Å². The van der Waals surface area contributed by atoms with E-state index in [-0.39, 0.29) is 18.0 Å². The molecule has 1 aliphatic heterocycles. The van der Waals surface area contributed by atoms with Crippen LogP contribution in [0, 0.1) is 0 Å². The van der Waals surface area contributed by atoms with Gasteiger partial charge in [-0.3, -0.25) is 0 Å². The third-order valence-electron chi connectivity index (χ3n) is 2.64. The van der Waals surface area contributed by atoms with E-state index in [1.807, 2.05) is 12.1 Å². The molecule has 1 heterocycles. The quantitative estimate of drug-likeness (QED) is 0.922. The molecule has 1 aliphatic rings. The van der Waals surface area contributed by atoms with Gasteiger partial charge in [0.15, 0.2) is 0 Å². The first kappa shape index (κ1) is 15.9. The molecule has 5 heteroatoms. The van der Waals surface area contributed by atoms with Crippen molar-refractivity contribution in [2.45, 2.75) is 6.61 Å². The monoisotopic (exact) mass is 294 g/mol. The van der Waals surface area contributed by atoms with Gasteiger partial charge in [0.1, 0.15) is 18.1 Å². The second-order valence-corrected chi connectivity index (χ2v) is 3.97. The van der Waals surface area contributed by atoms with Gasteiger partial charge in [-0.05, 0) is 42.0 Å². The number of benzene rings is 2. The van der Waals surface area contributed by atoms with E-state index >= 15 is 0 Å². The number of ether oxygens (including phenoxy) is 2. The lowest BCUT2D eigenvalue weighted by Gasteiger charge is -1.98. The van der Waals surface area contributed by atoms with Gasteiger partial charge in [0, 0.05) is 0 Å². The van der Waals surface area contributed by atoms with E-state index in [9.17, 15) is 4.79 Å². The van der Waals surface area contributed by atoms with Crippen LogP contribution in [0.3, 0.4) is 0 Å². The number of rotatable bonds is 2. The summed E-state index contributed by atoms with van der Waals surface area (Å²) in [5, 5.41) is 8.51. The summed E-state index contributed by atoms with van der Waals surface area (Å²) in [6.07, 6.45) is 0. The van der Waals surface area contributed by atoms with E-state index in [2.05, 4.69) is 12.1 Å². The largest absolute Gasteiger partial charge is 0.497 e. The molecule has 2 bridgehead atoms. The zero-order valence-corrected chi connectivity index (χ0v) is 11.7. The van der Waals surface area contributed by atoms with Gasteiger partial charge in [-0.15, -0.1) is 12.4 Å². The van der Waals surface area contributed by atoms with Crippen molar-refractivity contribution in [1.29, 1.82) is 0 Å². The summed E-state index contributed by atoms with van der Waals surface area (Å²) < 4.78 is 10.0. The van der Waals surface area contributed by atoms with Crippen LogP contribution in [0.25, 0.3) is 0 Å². The molecule has 0 aliphatic carbocycles. The molecule has 0 unspecified atom stereocenters. The third-order valence-corrected chi connectivity index (χ3v) is 2.64. The van der Waals surface area contributed by atoms with Crippen LogP contribution >= 0.6 is 12.4 Å². The number of fused-ring (bicyclic) bond motifs is 2. The molecule has 0 saturated heterocycles. The Morgan fingerprint density at radius 3 is 2.40 bits per heavy atom. The third kappa shape index (κ3) is 4.17. The Morgan fingerprint density at radius 1 is 1.20 bits per heavy atom. The van der Waals surface area contributed by atoms with Crippen molar-refractivity contribution in [1.82, 2.24) is 0 Å². The normalized spacial score (nSPS) is 10.4. The van der Waals surface area contributed by atoms with E-state index in [1.54, 1.807) is 12.1 Å². The maximum Gasteiger partial charge on any atom is 0.335 e. The first-order valence-electron chi connectivity index (χ1n) is 5.78. The predicted molar refractivity (Wildman–Crippen MR) is 78.0 cm³/mol. The molecular weight excluding hydrogens is 280 g/mol. The summed E-state index contributed by atoms with van der Waals surface area (Å²) in [7, 11) is 1.54. The van der Waals surface area contributed by atoms with Crippen LogP contribution in [0.5, 0.6) is 11.5 Å². The summed E-state index contributed by atoms with van der Waals surface area (Å²) in [6, 6.07) is 14.3. The summed E-state index contributed by atoms with van der Waals surface area (Å²) >= 11 is 0. The van der Waals surface area contributed by atoms with Gasteiger partial charge in [0.2, 0.25) is 0 Å². The molecule has 0 radical (unpaired) electrons. The summed E-state index contributed by atoms with van der Waals surface area (Å²) in [4.78, 5) is 10.4. The second kappa shape index (κ2) is 7.40. The van der Waals surface area contributed by atoms with Crippen molar-refractivity contribution in [2.75, 3.05) is 7.11 Å². The van der Waals surface area contributed by atoms with Crippen LogP contribution < -0.4 is 9.47 Å². The fourth-order valence-corrected chi connectivity index (χ4v) is 1.63. The predicted octanol–water partition coefficient (Wildman–Crippen LogP) is 3.39. The van der Waals surface area contributed by atoms with Gasteiger partial charge >= 0.3 is 5.97 Å². The van der Waals surface area contributed by atoms with Crippen molar-refractivity contribution in [2.24, 2.45) is 0 Å². The highest BCUT2D eigenvalue weighted by Crippen LogP contribution is 2.20. The summed E-state index contributed by atoms with van der Waals surface area (Å²) in [5.41, 5.74) is 1.55. The molecule has 1 N–H and O–H groups in total. The number of hydrogen-bond donors (Lipinski definition) is 1. The van der Waals surface area contributed by atoms with E-state index in [0.717, 1.165) is 12.4 Å². The van der Waals surface area contributed by atoms with Crippen molar-refractivity contribution < 1.29 is 19.4 Å². The summed E-state index contributed by atoms with van der Waals surface area (Å²) in [5.74, 6) is 0.741. The maximum atomic E-state index is 10.4. The highest BCUT2D eigenvalue weighted by Gasteiger charge is 2.03. The highest BCUT2D eigenvalue weighted by atomic mass is 35.5. The van der Waals surface area contributed by atoms with Gasteiger partial charge in [-0.2, -0.15) is 0 Å². The van der Waals surface area contributed by atoms with Crippen LogP contribution in [0.1, 0.15) is 15.9 Å². The molecule has 2 aromatic rings. The molecule has 0 aromatic heterocycles. The van der Waals surface area contributed by atoms with Crippen molar-refractivity contribution >= 4 is 18.4 Å². The standard InChI is InChI=1S/C8H8O3.C7H6O.ClH/c1-11-7-4-2-6(3-5-7)8(9)10;1-2-6-4-7(3-1)8-5-6;/h2-5H,1H3,(H,9,10);1-4H,5H2;1H. The number of hydrogen-bond acceptors (Lipinski definition) is 3. The first-order valence-corrected chi connectivity index (χ1v) is 5.78. The van der Waals surface area contributed by atoms with Crippen molar-refractivity contribution in [3.05, 3.63) is 59.7 Å². The Morgan fingerprint density at radius 2 is 1.90 bits per heavy atom. The average Bonchev–Trinajstić information content (AvgIpc) is 2.78. The number of carboxylic acids is 1. The van der Waals surface area contributed by atoms with E-state index in [0.29, 0.717) is 5.75 Å². The molecular formula is C15H15ClO4. The molecule has 106 valence electrons. The Kier molecular flexibility index (Phi) is 5.87. The molecule has 2 aromatic carbocycles. The average molecular weight is 295 g/mol. The minimum absolute atomic E-state index is 0. The van der Waals surface area contributed by atoms with Crippen molar-refractivity contribution in [3.8, 4) is 11.5 Å². The molecule has 0 saturated carbocycles. The number of carboxylic acid groups (broad SMARTS) is 1. The lowest BCUT2D eigenvalue weighted by Crippen LogP contribution is -1.95. The van der Waals surface area contributed by atoms with Gasteiger partial charge in [-0.1, -0.05) is 12.1 Å². The lowest BCUT2D eigenvalue weighted by atomic mass is 10.2. The van der Waals surface area contributed by atoms with Crippen LogP contribution in [-0.2, 0) is 6.61 Å². The van der Waals surface area contributed by atoms with Gasteiger partial charge in [0.25, 0.3) is 0 Å². The Balaban J connectivity index is 0.000000197. The number of methoxy groups -OCH3 is 1. The smallest absolute Gasteiger partial charge is 0.335 e. The second-order valence-electron chi connectivity index (χ2n) is 3.97. The Hall–Kier alpha value is -2.20. The number of halogens is 1. The Labute approximate surface area is 123 Å². The first-order chi connectivity index (χ1) is 9.19. The van der Waals surface area contributed by atoms with E-state index in [1.165, 1.54) is 24.8 Å². The zero-order chi connectivity index (χ0) is 13.7. The lowest BCUT2D eigenvalue weighted by molar-refractivity contribution is 0.0697. The molecule has 0 atom stereocenters. The van der Waals surface area contributed by atoms with E-state index < -0.39 is 5.97 Å². The van der Waals surface area contributed by atoms with E-state index in [4.69, 9.17) is 14.6 Å². The fourth-order valence-electron chi connectivity index (χ4n) is 1.63. The molecule has 20 heavy (non-hydrogen) atoms. The molecule has 0 fully saturated rings. The molecule has 0 amide bonds. The van der Waals surface area contributed by atoms with Gasteiger partial charge in [-0.25, -0.2) is 4.79 Å². The van der Waals surface area contributed by atoms with Gasteiger partial charge in [0.05, 0.1) is 12.7 Å². The fraction of sp³-hybridized carbons (Fsp3) is 0.133. The highest BCUT2D eigenvalue weighted by molar-refractivity contribution is 5.87. The zero-order valence-electron chi connectivity index (χ0n) is 10.9. The molecule has 3 rings (SSSR count). The van der Waals surface area contributed by atoms with Crippen LogP contribution in [0.15, 0.2) is 48.5 Å². The Bertz CT molecular complexity index is 547. The van der Waals surface area contributed by atoms with Gasteiger partial charge < -0.3 is 14.6 Å².